The molecule has 0 bridgehead atoms. The molecule has 0 aliphatic heterocycles. The molecular formula is C15H11ClF2N2O2. The lowest BCUT2D eigenvalue weighted by Gasteiger charge is -2.06. The SMILES string of the molecule is NCCOc1ccc2c(-c3cccc(F)c3F)noc2c1Cl. The molecule has 0 aliphatic rings. The summed E-state index contributed by atoms with van der Waals surface area (Å²) in [7, 11) is 0. The van der Waals surface area contributed by atoms with Gasteiger partial charge in [0.25, 0.3) is 0 Å². The molecule has 0 amide bonds. The number of hydrogen-bond acceptors (Lipinski definition) is 4. The first-order chi connectivity index (χ1) is 10.6. The molecule has 0 fully saturated rings. The van der Waals surface area contributed by atoms with E-state index >= 15 is 0 Å². The molecule has 0 unspecified atom stereocenters. The Labute approximate surface area is 129 Å². The second kappa shape index (κ2) is 5.90. The normalized spacial score (nSPS) is 11.1. The lowest BCUT2D eigenvalue weighted by molar-refractivity contribution is 0.328. The number of aromatic nitrogens is 1. The van der Waals surface area contributed by atoms with Crippen LogP contribution in [0.3, 0.4) is 0 Å². The van der Waals surface area contributed by atoms with E-state index in [2.05, 4.69) is 5.16 Å². The van der Waals surface area contributed by atoms with Crippen LogP contribution in [0.1, 0.15) is 0 Å². The molecule has 4 nitrogen and oxygen atoms in total. The molecule has 0 spiro atoms. The van der Waals surface area contributed by atoms with Crippen molar-refractivity contribution in [2.24, 2.45) is 5.73 Å². The Kier molecular flexibility index (Phi) is 3.96. The molecule has 7 heteroatoms. The highest BCUT2D eigenvalue weighted by Crippen LogP contribution is 2.38. The predicted octanol–water partition coefficient (Wildman–Crippen LogP) is 3.76. The molecule has 3 rings (SSSR count). The topological polar surface area (TPSA) is 61.3 Å². The summed E-state index contributed by atoms with van der Waals surface area (Å²) >= 11 is 6.18. The van der Waals surface area contributed by atoms with E-state index in [4.69, 9.17) is 26.6 Å². The summed E-state index contributed by atoms with van der Waals surface area (Å²) in [5, 5.41) is 4.48. The molecule has 0 radical (unpaired) electrons. The van der Waals surface area contributed by atoms with E-state index in [9.17, 15) is 8.78 Å². The van der Waals surface area contributed by atoms with Crippen LogP contribution in [0.15, 0.2) is 34.9 Å². The first kappa shape index (κ1) is 14.7. The fraction of sp³-hybridized carbons (Fsp3) is 0.133. The molecule has 2 aromatic carbocycles. The third kappa shape index (κ3) is 2.40. The highest BCUT2D eigenvalue weighted by Gasteiger charge is 2.20. The summed E-state index contributed by atoms with van der Waals surface area (Å²) in [6, 6.07) is 7.09. The zero-order valence-corrected chi connectivity index (χ0v) is 12.0. The quantitative estimate of drug-likeness (QED) is 0.793. The average Bonchev–Trinajstić information content (AvgIpc) is 2.94. The number of ether oxygens (including phenoxy) is 1. The molecule has 0 saturated carbocycles. The Morgan fingerprint density at radius 3 is 2.82 bits per heavy atom. The highest BCUT2D eigenvalue weighted by molar-refractivity contribution is 6.36. The molecule has 3 aromatic rings. The van der Waals surface area contributed by atoms with Gasteiger partial charge < -0.3 is 15.0 Å². The summed E-state index contributed by atoms with van der Waals surface area (Å²) in [5.41, 5.74) is 5.80. The van der Waals surface area contributed by atoms with E-state index in [1.807, 2.05) is 0 Å². The van der Waals surface area contributed by atoms with E-state index < -0.39 is 11.6 Å². The highest BCUT2D eigenvalue weighted by atomic mass is 35.5. The van der Waals surface area contributed by atoms with Crippen molar-refractivity contribution in [3.8, 4) is 17.0 Å². The van der Waals surface area contributed by atoms with Crippen LogP contribution < -0.4 is 10.5 Å². The van der Waals surface area contributed by atoms with Gasteiger partial charge in [-0.05, 0) is 24.3 Å². The van der Waals surface area contributed by atoms with Gasteiger partial charge in [-0.2, -0.15) is 0 Å². The van der Waals surface area contributed by atoms with Gasteiger partial charge in [-0.15, -0.1) is 0 Å². The van der Waals surface area contributed by atoms with Crippen molar-refractivity contribution in [3.63, 3.8) is 0 Å². The Balaban J connectivity index is 2.13. The number of nitrogens with two attached hydrogens (primary N) is 1. The fourth-order valence-corrected chi connectivity index (χ4v) is 2.37. The summed E-state index contributed by atoms with van der Waals surface area (Å²) in [6.45, 7) is 0.634. The van der Waals surface area contributed by atoms with Crippen LogP contribution in [-0.2, 0) is 0 Å². The van der Waals surface area contributed by atoms with Gasteiger partial charge in [0.15, 0.2) is 17.2 Å². The molecule has 0 aliphatic carbocycles. The fourth-order valence-electron chi connectivity index (χ4n) is 2.12. The van der Waals surface area contributed by atoms with E-state index in [0.717, 1.165) is 6.07 Å². The minimum Gasteiger partial charge on any atom is -0.491 e. The van der Waals surface area contributed by atoms with Crippen molar-refractivity contribution in [1.82, 2.24) is 5.16 Å². The van der Waals surface area contributed by atoms with Crippen molar-refractivity contribution in [3.05, 3.63) is 47.0 Å². The van der Waals surface area contributed by atoms with Crippen molar-refractivity contribution < 1.29 is 18.0 Å². The third-order valence-electron chi connectivity index (χ3n) is 3.13. The van der Waals surface area contributed by atoms with Crippen LogP contribution in [0.25, 0.3) is 22.2 Å². The zero-order chi connectivity index (χ0) is 15.7. The second-order valence-electron chi connectivity index (χ2n) is 4.52. The van der Waals surface area contributed by atoms with E-state index in [0.29, 0.717) is 24.3 Å². The number of halogens is 3. The van der Waals surface area contributed by atoms with Gasteiger partial charge in [0.05, 0.1) is 5.39 Å². The molecule has 0 saturated heterocycles. The largest absolute Gasteiger partial charge is 0.491 e. The summed E-state index contributed by atoms with van der Waals surface area (Å²) in [5.74, 6) is -1.55. The average molecular weight is 325 g/mol. The number of rotatable bonds is 4. The van der Waals surface area contributed by atoms with Crippen LogP contribution in [0.2, 0.25) is 5.02 Å². The van der Waals surface area contributed by atoms with Gasteiger partial charge in [0, 0.05) is 12.1 Å². The Hall–Kier alpha value is -2.18. The maximum atomic E-state index is 13.9. The third-order valence-corrected chi connectivity index (χ3v) is 3.49. The molecule has 2 N–H and O–H groups in total. The smallest absolute Gasteiger partial charge is 0.189 e. The van der Waals surface area contributed by atoms with Crippen LogP contribution in [0, 0.1) is 11.6 Å². The zero-order valence-electron chi connectivity index (χ0n) is 11.3. The lowest BCUT2D eigenvalue weighted by Crippen LogP contribution is -2.10. The summed E-state index contributed by atoms with van der Waals surface area (Å²) in [6.07, 6.45) is 0. The van der Waals surface area contributed by atoms with Gasteiger partial charge >= 0.3 is 0 Å². The molecule has 114 valence electrons. The minimum absolute atomic E-state index is 0.00504. The number of hydrogen-bond donors (Lipinski definition) is 1. The first-order valence-electron chi connectivity index (χ1n) is 6.48. The van der Waals surface area contributed by atoms with Crippen molar-refractivity contribution >= 4 is 22.6 Å². The predicted molar refractivity (Wildman–Crippen MR) is 78.9 cm³/mol. The standard InChI is InChI=1S/C15H11ClF2N2O2/c16-12-11(21-7-6-19)5-4-9-14(20-22-15(9)12)8-2-1-3-10(17)13(8)18/h1-5H,6-7,19H2. The van der Waals surface area contributed by atoms with E-state index in [1.54, 1.807) is 12.1 Å². The van der Waals surface area contributed by atoms with Crippen molar-refractivity contribution in [2.45, 2.75) is 0 Å². The van der Waals surface area contributed by atoms with Crippen LogP contribution in [-0.4, -0.2) is 18.3 Å². The van der Waals surface area contributed by atoms with E-state index in [1.165, 1.54) is 12.1 Å². The summed E-state index contributed by atoms with van der Waals surface area (Å²) < 4.78 is 37.8. The van der Waals surface area contributed by atoms with Crippen LogP contribution in [0.5, 0.6) is 5.75 Å². The summed E-state index contributed by atoms with van der Waals surface area (Å²) in [4.78, 5) is 0. The van der Waals surface area contributed by atoms with Crippen molar-refractivity contribution in [2.75, 3.05) is 13.2 Å². The van der Waals surface area contributed by atoms with Gasteiger partial charge in [0.1, 0.15) is 23.1 Å². The van der Waals surface area contributed by atoms with Gasteiger partial charge in [-0.1, -0.05) is 22.8 Å². The van der Waals surface area contributed by atoms with Crippen LogP contribution >= 0.6 is 11.6 Å². The van der Waals surface area contributed by atoms with E-state index in [-0.39, 0.29) is 21.9 Å². The van der Waals surface area contributed by atoms with Crippen molar-refractivity contribution in [1.29, 1.82) is 0 Å². The van der Waals surface area contributed by atoms with Crippen LogP contribution in [0.4, 0.5) is 8.78 Å². The molecular weight excluding hydrogens is 314 g/mol. The Bertz CT molecular complexity index is 836. The molecule has 0 atom stereocenters. The monoisotopic (exact) mass is 324 g/mol. The van der Waals surface area contributed by atoms with Gasteiger partial charge in [-0.25, -0.2) is 8.78 Å². The number of fused-ring (bicyclic) bond motifs is 1. The Morgan fingerprint density at radius 2 is 2.05 bits per heavy atom. The number of nitrogens with zero attached hydrogens (tertiary/aromatic N) is 1. The van der Waals surface area contributed by atoms with Gasteiger partial charge in [-0.3, -0.25) is 0 Å². The Morgan fingerprint density at radius 1 is 1.23 bits per heavy atom. The lowest BCUT2D eigenvalue weighted by atomic mass is 10.1. The molecule has 1 aromatic heterocycles. The maximum Gasteiger partial charge on any atom is 0.189 e. The van der Waals surface area contributed by atoms with Gasteiger partial charge in [0.2, 0.25) is 0 Å². The second-order valence-corrected chi connectivity index (χ2v) is 4.90. The first-order valence-corrected chi connectivity index (χ1v) is 6.86. The molecule has 22 heavy (non-hydrogen) atoms. The molecule has 1 heterocycles. The minimum atomic E-state index is -0.989. The number of benzene rings is 2. The maximum absolute atomic E-state index is 13.9.